The highest BCUT2D eigenvalue weighted by Gasteiger charge is 2.48. The normalized spacial score (nSPS) is 36.2. The lowest BCUT2D eigenvalue weighted by atomic mass is 9.98. The molecule has 0 aromatic carbocycles. The van der Waals surface area contributed by atoms with E-state index in [0.29, 0.717) is 0 Å². The third kappa shape index (κ3) is 1.02. The largest absolute Gasteiger partial charge is 0.479 e. The Balaban J connectivity index is 2.87. The molecule has 2 atom stereocenters. The number of aliphatic carboxylic acids is 1. The van der Waals surface area contributed by atoms with Crippen LogP contribution in [0.15, 0.2) is 0 Å². The second-order valence-corrected chi connectivity index (χ2v) is 2.68. The summed E-state index contributed by atoms with van der Waals surface area (Å²) < 4.78 is 4.61. The van der Waals surface area contributed by atoms with Crippen LogP contribution in [0.1, 0.15) is 13.8 Å². The number of rotatable bonds is 1. The number of carboxylic acids is 1. The van der Waals surface area contributed by atoms with Crippen LogP contribution in [-0.4, -0.2) is 28.8 Å². The minimum atomic E-state index is -1.28. The molecule has 1 aliphatic heterocycles. The van der Waals surface area contributed by atoms with Crippen molar-refractivity contribution in [1.82, 2.24) is 5.32 Å². The zero-order valence-corrected chi connectivity index (χ0v) is 6.25. The number of cyclic esters (lactones) is 1. The van der Waals surface area contributed by atoms with E-state index in [1.807, 2.05) is 0 Å². The van der Waals surface area contributed by atoms with Gasteiger partial charge in [-0.1, -0.05) is 0 Å². The fraction of sp³-hybridized carbons (Fsp3) is 0.667. The average Bonchev–Trinajstić information content (AvgIpc) is 2.08. The summed E-state index contributed by atoms with van der Waals surface area (Å²) in [5.74, 6) is -1.09. The summed E-state index contributed by atoms with van der Waals surface area (Å²) >= 11 is 0. The first kappa shape index (κ1) is 7.84. The topological polar surface area (TPSA) is 75.6 Å². The number of alkyl carbamates (subject to hydrolysis) is 1. The van der Waals surface area contributed by atoms with Gasteiger partial charge in [0.2, 0.25) is 0 Å². The number of ether oxygens (including phenoxy) is 1. The maximum Gasteiger partial charge on any atom is 0.408 e. The van der Waals surface area contributed by atoms with Crippen LogP contribution in [0.5, 0.6) is 0 Å². The van der Waals surface area contributed by atoms with Crippen molar-refractivity contribution >= 4 is 12.1 Å². The van der Waals surface area contributed by atoms with Gasteiger partial charge >= 0.3 is 12.1 Å². The van der Waals surface area contributed by atoms with Gasteiger partial charge in [-0.05, 0) is 13.8 Å². The third-order valence-corrected chi connectivity index (χ3v) is 1.90. The van der Waals surface area contributed by atoms with Crippen LogP contribution in [0.2, 0.25) is 0 Å². The highest BCUT2D eigenvalue weighted by Crippen LogP contribution is 2.19. The first-order valence-electron chi connectivity index (χ1n) is 3.19. The van der Waals surface area contributed by atoms with Crippen molar-refractivity contribution < 1.29 is 19.4 Å². The number of amides is 1. The number of hydrogen-bond acceptors (Lipinski definition) is 3. The molecule has 1 heterocycles. The minimum absolute atomic E-state index is 0.632. The number of carbonyl (C=O) groups excluding carboxylic acids is 1. The Kier molecular flexibility index (Phi) is 1.51. The molecule has 0 aromatic heterocycles. The summed E-state index contributed by atoms with van der Waals surface area (Å²) in [4.78, 5) is 21.2. The van der Waals surface area contributed by atoms with Gasteiger partial charge in [-0.3, -0.25) is 0 Å². The van der Waals surface area contributed by atoms with Gasteiger partial charge in [0.15, 0.2) is 5.54 Å². The average molecular weight is 159 g/mol. The Morgan fingerprint density at radius 3 is 2.55 bits per heavy atom. The Morgan fingerprint density at radius 2 is 2.36 bits per heavy atom. The van der Waals surface area contributed by atoms with E-state index in [9.17, 15) is 9.59 Å². The Labute approximate surface area is 63.3 Å². The van der Waals surface area contributed by atoms with Crippen molar-refractivity contribution in [3.63, 3.8) is 0 Å². The van der Waals surface area contributed by atoms with Gasteiger partial charge in [0.1, 0.15) is 6.10 Å². The van der Waals surface area contributed by atoms with E-state index in [-0.39, 0.29) is 0 Å². The van der Waals surface area contributed by atoms with Gasteiger partial charge in [-0.25, -0.2) is 9.59 Å². The van der Waals surface area contributed by atoms with Gasteiger partial charge < -0.3 is 15.2 Å². The molecular formula is C6H9NO4. The van der Waals surface area contributed by atoms with Crippen molar-refractivity contribution in [2.24, 2.45) is 0 Å². The molecule has 11 heavy (non-hydrogen) atoms. The summed E-state index contributed by atoms with van der Waals surface area (Å²) in [7, 11) is 0. The maximum atomic E-state index is 10.6. The fourth-order valence-corrected chi connectivity index (χ4v) is 0.849. The van der Waals surface area contributed by atoms with Crippen molar-refractivity contribution in [3.05, 3.63) is 0 Å². The van der Waals surface area contributed by atoms with Crippen LogP contribution in [0, 0.1) is 0 Å². The molecule has 0 spiro atoms. The van der Waals surface area contributed by atoms with Crippen LogP contribution in [0.25, 0.3) is 0 Å². The standard InChI is InChI=1S/C6H9NO4/c1-3-6(2,4(8)9)7-5(10)11-3/h3H,1-2H3,(H,7,10)(H,8,9)/t3-,6-/m0/s1. The summed E-state index contributed by atoms with van der Waals surface area (Å²) in [5.41, 5.74) is -1.28. The molecule has 0 saturated carbocycles. The van der Waals surface area contributed by atoms with E-state index in [2.05, 4.69) is 10.1 Å². The maximum absolute atomic E-state index is 10.6. The van der Waals surface area contributed by atoms with E-state index in [1.54, 1.807) is 0 Å². The first-order valence-corrected chi connectivity index (χ1v) is 3.19. The molecule has 1 amide bonds. The lowest BCUT2D eigenvalue weighted by Crippen LogP contribution is -2.51. The predicted octanol–water partition coefficient (Wildman–Crippen LogP) is -0.0420. The molecule has 0 unspecified atom stereocenters. The molecule has 1 fully saturated rings. The monoisotopic (exact) mass is 159 g/mol. The van der Waals surface area contributed by atoms with E-state index >= 15 is 0 Å². The van der Waals surface area contributed by atoms with Crippen LogP contribution in [0.3, 0.4) is 0 Å². The van der Waals surface area contributed by atoms with Crippen molar-refractivity contribution in [1.29, 1.82) is 0 Å². The lowest BCUT2D eigenvalue weighted by molar-refractivity contribution is -0.145. The van der Waals surface area contributed by atoms with Gasteiger partial charge in [0, 0.05) is 0 Å². The molecule has 0 aromatic rings. The molecule has 0 bridgehead atoms. The zero-order valence-electron chi connectivity index (χ0n) is 6.25. The Hall–Kier alpha value is -1.26. The van der Waals surface area contributed by atoms with Gasteiger partial charge in [0.05, 0.1) is 0 Å². The minimum Gasteiger partial charge on any atom is -0.479 e. The van der Waals surface area contributed by atoms with E-state index < -0.39 is 23.7 Å². The summed E-state index contributed by atoms with van der Waals surface area (Å²) in [5, 5.41) is 10.9. The van der Waals surface area contributed by atoms with Crippen LogP contribution >= 0.6 is 0 Å². The summed E-state index contributed by atoms with van der Waals surface area (Å²) in [6.07, 6.45) is -1.31. The number of nitrogens with one attached hydrogen (secondary N) is 1. The molecule has 1 rings (SSSR count). The van der Waals surface area contributed by atoms with Crippen molar-refractivity contribution in [3.8, 4) is 0 Å². The highest BCUT2D eigenvalue weighted by atomic mass is 16.6. The molecule has 0 radical (unpaired) electrons. The predicted molar refractivity (Wildman–Crippen MR) is 35.1 cm³/mol. The smallest absolute Gasteiger partial charge is 0.408 e. The Morgan fingerprint density at radius 1 is 1.82 bits per heavy atom. The van der Waals surface area contributed by atoms with E-state index in [4.69, 9.17) is 5.11 Å². The Bertz CT molecular complexity index is 215. The number of carbonyl (C=O) groups is 2. The van der Waals surface area contributed by atoms with Crippen LogP contribution in [-0.2, 0) is 9.53 Å². The van der Waals surface area contributed by atoms with Gasteiger partial charge in [-0.15, -0.1) is 0 Å². The van der Waals surface area contributed by atoms with Crippen molar-refractivity contribution in [2.45, 2.75) is 25.5 Å². The van der Waals surface area contributed by atoms with Crippen molar-refractivity contribution in [2.75, 3.05) is 0 Å². The fourth-order valence-electron chi connectivity index (χ4n) is 0.849. The van der Waals surface area contributed by atoms with Gasteiger partial charge in [0.25, 0.3) is 0 Å². The van der Waals surface area contributed by atoms with Crippen LogP contribution in [0.4, 0.5) is 4.79 Å². The molecule has 2 N–H and O–H groups in total. The van der Waals surface area contributed by atoms with Crippen LogP contribution < -0.4 is 5.32 Å². The number of carboxylic acid groups (broad SMARTS) is 1. The quantitative estimate of drug-likeness (QED) is 0.562. The zero-order chi connectivity index (χ0) is 8.65. The SMILES string of the molecule is C[C@@H]1OC(=O)N[C@]1(C)C(=O)O. The highest BCUT2D eigenvalue weighted by molar-refractivity contribution is 5.87. The first-order chi connectivity index (χ1) is 4.97. The second kappa shape index (κ2) is 2.11. The lowest BCUT2D eigenvalue weighted by Gasteiger charge is -2.19. The molecule has 1 aliphatic rings. The summed E-state index contributed by atoms with van der Waals surface area (Å²) in [6.45, 7) is 2.94. The molecule has 5 heteroatoms. The second-order valence-electron chi connectivity index (χ2n) is 2.68. The molecule has 5 nitrogen and oxygen atoms in total. The molecule has 0 aliphatic carbocycles. The molecule has 1 saturated heterocycles. The third-order valence-electron chi connectivity index (χ3n) is 1.90. The van der Waals surface area contributed by atoms with E-state index in [1.165, 1.54) is 13.8 Å². The molecule has 62 valence electrons. The molecular weight excluding hydrogens is 150 g/mol. The summed E-state index contributed by atoms with van der Waals surface area (Å²) in [6, 6.07) is 0. The van der Waals surface area contributed by atoms with Gasteiger partial charge in [-0.2, -0.15) is 0 Å². The number of hydrogen-bond donors (Lipinski definition) is 2. The van der Waals surface area contributed by atoms with E-state index in [0.717, 1.165) is 0 Å².